The Hall–Kier alpha value is -3.65. The number of phenolic OH excluding ortho intramolecular Hbond substituents is 1. The number of carboxylic acid groups (broad SMARTS) is 1. The third-order valence-electron chi connectivity index (χ3n) is 6.34. The van der Waals surface area contributed by atoms with E-state index >= 15 is 0 Å². The minimum absolute atomic E-state index is 0.0189. The van der Waals surface area contributed by atoms with E-state index in [4.69, 9.17) is 9.15 Å². The van der Waals surface area contributed by atoms with E-state index in [0.717, 1.165) is 11.8 Å². The van der Waals surface area contributed by atoms with Gasteiger partial charge < -0.3 is 19.4 Å². The lowest BCUT2D eigenvalue weighted by Crippen LogP contribution is -2.29. The maximum absolute atomic E-state index is 13.1. The maximum Gasteiger partial charge on any atom is 0.338 e. The summed E-state index contributed by atoms with van der Waals surface area (Å²) in [6.07, 6.45) is 0.821. The summed E-state index contributed by atoms with van der Waals surface area (Å²) in [6.45, 7) is 8.54. The van der Waals surface area contributed by atoms with E-state index in [0.29, 0.717) is 16.5 Å². The number of carbonyl (C=O) groups excluding carboxylic acids is 1. The molecular formula is C30H29BrO7. The Bertz CT molecular complexity index is 1560. The van der Waals surface area contributed by atoms with Crippen LogP contribution in [0, 0.1) is 10.8 Å². The molecule has 198 valence electrons. The van der Waals surface area contributed by atoms with Crippen LogP contribution < -0.4 is 5.43 Å². The summed E-state index contributed by atoms with van der Waals surface area (Å²) in [5.74, 6) is -1.57. The first-order valence-electron chi connectivity index (χ1n) is 12.1. The standard InChI is InChI=1S/C30H29BrO7/c1-29(2,15-31)14-30(3,4)16-37-28(36)17-5-8-20(27(34)35)23(11-17)26-21-9-6-18(32)12-24(21)38-25-13-19(33)7-10-22(25)26/h5-13,32H,14-16H2,1-4H3,(H,34,35). The van der Waals surface area contributed by atoms with Crippen LogP contribution in [-0.2, 0) is 4.74 Å². The summed E-state index contributed by atoms with van der Waals surface area (Å²) in [5, 5.41) is 21.3. The van der Waals surface area contributed by atoms with Crippen LogP contribution in [0.15, 0.2) is 63.8 Å². The topological polar surface area (TPSA) is 114 Å². The molecule has 1 aliphatic heterocycles. The van der Waals surface area contributed by atoms with Crippen molar-refractivity contribution in [3.05, 3.63) is 75.9 Å². The van der Waals surface area contributed by atoms with Gasteiger partial charge in [0, 0.05) is 34.0 Å². The first-order valence-corrected chi connectivity index (χ1v) is 13.2. The third kappa shape index (κ3) is 5.75. The number of carboxylic acids is 1. The monoisotopic (exact) mass is 580 g/mol. The largest absolute Gasteiger partial charge is 0.508 e. The molecule has 2 N–H and O–H groups in total. The molecule has 2 aromatic rings. The van der Waals surface area contributed by atoms with Crippen LogP contribution in [0.4, 0.5) is 0 Å². The highest BCUT2D eigenvalue weighted by Gasteiger charge is 2.30. The van der Waals surface area contributed by atoms with Gasteiger partial charge in [0.25, 0.3) is 0 Å². The van der Waals surface area contributed by atoms with Crippen molar-refractivity contribution in [2.24, 2.45) is 10.8 Å². The smallest absolute Gasteiger partial charge is 0.338 e. The van der Waals surface area contributed by atoms with Crippen LogP contribution in [0.1, 0.15) is 54.8 Å². The Balaban J connectivity index is 1.82. The van der Waals surface area contributed by atoms with Crippen molar-refractivity contribution in [2.45, 2.75) is 34.1 Å². The van der Waals surface area contributed by atoms with Gasteiger partial charge in [0.1, 0.15) is 17.1 Å². The molecular weight excluding hydrogens is 552 g/mol. The average molecular weight is 581 g/mol. The number of carbonyl (C=O) groups is 2. The number of esters is 1. The lowest BCUT2D eigenvalue weighted by atomic mass is 9.77. The Morgan fingerprint density at radius 2 is 1.68 bits per heavy atom. The molecule has 2 aliphatic rings. The second kappa shape index (κ2) is 10.3. The number of ether oxygens (including phenoxy) is 1. The molecule has 38 heavy (non-hydrogen) atoms. The number of aromatic carboxylic acids is 1. The molecule has 0 aromatic heterocycles. The number of phenols is 1. The number of alkyl halides is 1. The molecule has 7 nitrogen and oxygen atoms in total. The number of hydrogen-bond donors (Lipinski definition) is 2. The Kier molecular flexibility index (Phi) is 7.39. The molecule has 0 bridgehead atoms. The fraction of sp³-hybridized carbons (Fsp3) is 0.300. The quantitative estimate of drug-likeness (QED) is 0.131. The van der Waals surface area contributed by atoms with E-state index < -0.39 is 11.9 Å². The molecule has 0 spiro atoms. The molecule has 0 saturated heterocycles. The highest BCUT2D eigenvalue weighted by Crippen LogP contribution is 2.42. The summed E-state index contributed by atoms with van der Waals surface area (Å²) >= 11 is 3.54. The molecule has 0 saturated carbocycles. The van der Waals surface area contributed by atoms with Crippen LogP contribution in [-0.4, -0.2) is 34.1 Å². The molecule has 2 aromatic carbocycles. The van der Waals surface area contributed by atoms with Crippen molar-refractivity contribution in [1.82, 2.24) is 0 Å². The number of hydrogen-bond acceptors (Lipinski definition) is 6. The normalized spacial score (nSPS) is 12.1. The first-order chi connectivity index (χ1) is 17.8. The van der Waals surface area contributed by atoms with Gasteiger partial charge in [0.15, 0.2) is 5.43 Å². The highest BCUT2D eigenvalue weighted by atomic mass is 79.9. The first kappa shape index (κ1) is 27.4. The van der Waals surface area contributed by atoms with Crippen LogP contribution >= 0.6 is 15.9 Å². The van der Waals surface area contributed by atoms with E-state index in [2.05, 4.69) is 29.8 Å². The van der Waals surface area contributed by atoms with Crippen LogP contribution in [0.5, 0.6) is 5.75 Å². The van der Waals surface area contributed by atoms with Crippen molar-refractivity contribution in [1.29, 1.82) is 0 Å². The van der Waals surface area contributed by atoms with Crippen LogP contribution in [0.3, 0.4) is 0 Å². The number of halogens is 1. The SMILES string of the molecule is CC(C)(CBr)CC(C)(C)COC(=O)c1ccc(C(=O)O)c(-c2c3ccc(=O)cc-3oc3cc(O)ccc23)c1. The minimum atomic E-state index is -1.18. The number of fused-ring (bicyclic) bond motifs is 2. The van der Waals surface area contributed by atoms with Gasteiger partial charge in [-0.15, -0.1) is 0 Å². The molecule has 0 radical (unpaired) electrons. The molecule has 0 unspecified atom stereocenters. The number of aromatic hydroxyl groups is 1. The van der Waals surface area contributed by atoms with Crippen LogP contribution in [0.25, 0.3) is 33.4 Å². The van der Waals surface area contributed by atoms with Gasteiger partial charge in [-0.1, -0.05) is 43.6 Å². The lowest BCUT2D eigenvalue weighted by molar-refractivity contribution is 0.0268. The zero-order valence-corrected chi connectivity index (χ0v) is 23.2. The van der Waals surface area contributed by atoms with Crippen molar-refractivity contribution in [3.63, 3.8) is 0 Å². The zero-order valence-electron chi connectivity index (χ0n) is 21.6. The molecule has 0 atom stereocenters. The second-order valence-corrected chi connectivity index (χ2v) is 11.7. The maximum atomic E-state index is 13.1. The summed E-state index contributed by atoms with van der Waals surface area (Å²) in [6, 6.07) is 13.0. The van der Waals surface area contributed by atoms with E-state index in [1.54, 1.807) is 12.1 Å². The fourth-order valence-electron chi connectivity index (χ4n) is 4.95. The summed E-state index contributed by atoms with van der Waals surface area (Å²) in [4.78, 5) is 37.4. The van der Waals surface area contributed by atoms with Crippen molar-refractivity contribution < 1.29 is 29.0 Å². The van der Waals surface area contributed by atoms with Gasteiger partial charge in [0.05, 0.1) is 17.7 Å². The van der Waals surface area contributed by atoms with Gasteiger partial charge in [0.2, 0.25) is 0 Å². The molecule has 8 heteroatoms. The van der Waals surface area contributed by atoms with Crippen molar-refractivity contribution in [3.8, 4) is 28.2 Å². The molecule has 0 fully saturated rings. The Labute approximate surface area is 228 Å². The van der Waals surface area contributed by atoms with Gasteiger partial charge >= 0.3 is 11.9 Å². The van der Waals surface area contributed by atoms with E-state index in [1.807, 2.05) is 13.8 Å². The van der Waals surface area contributed by atoms with Gasteiger partial charge in [-0.2, -0.15) is 0 Å². The Morgan fingerprint density at radius 3 is 2.37 bits per heavy atom. The number of rotatable bonds is 8. The zero-order chi connectivity index (χ0) is 27.8. The minimum Gasteiger partial charge on any atom is -0.508 e. The van der Waals surface area contributed by atoms with Crippen molar-refractivity contribution >= 4 is 38.8 Å². The molecule has 4 rings (SSSR count). The second-order valence-electron chi connectivity index (χ2n) is 11.1. The number of benzene rings is 3. The lowest BCUT2D eigenvalue weighted by Gasteiger charge is -2.33. The van der Waals surface area contributed by atoms with Crippen LogP contribution in [0.2, 0.25) is 0 Å². The molecule has 1 aliphatic carbocycles. The molecule has 1 heterocycles. The van der Waals surface area contributed by atoms with Crippen molar-refractivity contribution in [2.75, 3.05) is 11.9 Å². The van der Waals surface area contributed by atoms with Gasteiger partial charge in [-0.3, -0.25) is 4.79 Å². The van der Waals surface area contributed by atoms with Gasteiger partial charge in [-0.05, 0) is 65.3 Å². The summed E-state index contributed by atoms with van der Waals surface area (Å²) < 4.78 is 11.6. The van der Waals surface area contributed by atoms with E-state index in [-0.39, 0.29) is 56.6 Å². The van der Waals surface area contributed by atoms with Gasteiger partial charge in [-0.25, -0.2) is 9.59 Å². The predicted octanol–water partition coefficient (Wildman–Crippen LogP) is 6.96. The average Bonchev–Trinajstić information content (AvgIpc) is 2.84. The molecule has 0 amide bonds. The van der Waals surface area contributed by atoms with E-state index in [9.17, 15) is 24.6 Å². The highest BCUT2D eigenvalue weighted by molar-refractivity contribution is 9.09. The summed E-state index contributed by atoms with van der Waals surface area (Å²) in [5.41, 5.74) is 1.11. The third-order valence-corrected chi connectivity index (χ3v) is 7.86. The summed E-state index contributed by atoms with van der Waals surface area (Å²) in [7, 11) is 0. The Morgan fingerprint density at radius 1 is 0.947 bits per heavy atom. The predicted molar refractivity (Wildman–Crippen MR) is 149 cm³/mol. The van der Waals surface area contributed by atoms with E-state index in [1.165, 1.54) is 42.5 Å². The fourth-order valence-corrected chi connectivity index (χ4v) is 5.15.